The van der Waals surface area contributed by atoms with Crippen LogP contribution in [0.2, 0.25) is 0 Å². The summed E-state index contributed by atoms with van der Waals surface area (Å²) in [5.74, 6) is 0.513. The van der Waals surface area contributed by atoms with Crippen molar-refractivity contribution in [1.29, 1.82) is 0 Å². The Balaban J connectivity index is 1.55. The Kier molecular flexibility index (Phi) is 5.29. The number of fused-ring (bicyclic) bond motifs is 1. The quantitative estimate of drug-likeness (QED) is 0.692. The van der Waals surface area contributed by atoms with Gasteiger partial charge in [0.25, 0.3) is 5.56 Å². The number of aryl methyl sites for hydroxylation is 4. The molecular formula is C17H20N4O2S2. The number of carbonyl (C=O) groups is 1. The molecular weight excluding hydrogens is 356 g/mol. The number of amides is 1. The van der Waals surface area contributed by atoms with E-state index in [4.69, 9.17) is 0 Å². The molecule has 0 saturated carbocycles. The number of carbonyl (C=O) groups excluding carboxylic acids is 1. The first-order valence-electron chi connectivity index (χ1n) is 8.10. The summed E-state index contributed by atoms with van der Waals surface area (Å²) >= 11 is 3.12. The van der Waals surface area contributed by atoms with Gasteiger partial charge in [0.2, 0.25) is 5.91 Å². The Hall–Kier alpha value is -2.06. The summed E-state index contributed by atoms with van der Waals surface area (Å²) in [6.45, 7) is 6.44. The maximum atomic E-state index is 12.2. The topological polar surface area (TPSA) is 87.7 Å². The number of thiophene rings is 1. The standard InChI is InChI=1S/C17H20N4O2S2/c1-9-8-24-14(19-9)6-7-18-13(22)5-4-12-20-16(23)15-10(2)11(3)25-17(15)21-12/h8H,4-7H2,1-3H3,(H,18,22)(H,20,21,23). The normalized spacial score (nSPS) is 11.2. The van der Waals surface area contributed by atoms with Crippen LogP contribution < -0.4 is 10.9 Å². The van der Waals surface area contributed by atoms with Crippen molar-refractivity contribution < 1.29 is 4.79 Å². The van der Waals surface area contributed by atoms with Gasteiger partial charge in [-0.15, -0.1) is 22.7 Å². The molecule has 3 heterocycles. The average Bonchev–Trinajstić information content (AvgIpc) is 3.09. The fraction of sp³-hybridized carbons (Fsp3) is 0.412. The average molecular weight is 377 g/mol. The Morgan fingerprint density at radius 2 is 2.04 bits per heavy atom. The lowest BCUT2D eigenvalue weighted by Gasteiger charge is -2.04. The summed E-state index contributed by atoms with van der Waals surface area (Å²) in [4.78, 5) is 37.7. The van der Waals surface area contributed by atoms with Crippen molar-refractivity contribution in [2.45, 2.75) is 40.0 Å². The van der Waals surface area contributed by atoms with Crippen molar-refractivity contribution in [2.75, 3.05) is 6.54 Å². The third kappa shape index (κ3) is 4.13. The van der Waals surface area contributed by atoms with Gasteiger partial charge < -0.3 is 10.3 Å². The minimum Gasteiger partial charge on any atom is -0.356 e. The van der Waals surface area contributed by atoms with E-state index in [-0.39, 0.29) is 11.5 Å². The van der Waals surface area contributed by atoms with Gasteiger partial charge in [-0.05, 0) is 26.3 Å². The molecule has 0 unspecified atom stereocenters. The van der Waals surface area contributed by atoms with Crippen LogP contribution in [-0.4, -0.2) is 27.4 Å². The lowest BCUT2D eigenvalue weighted by atomic mass is 10.2. The fourth-order valence-corrected chi connectivity index (χ4v) is 4.39. The monoisotopic (exact) mass is 376 g/mol. The maximum absolute atomic E-state index is 12.2. The summed E-state index contributed by atoms with van der Waals surface area (Å²) < 4.78 is 0. The number of nitrogens with one attached hydrogen (secondary N) is 2. The summed E-state index contributed by atoms with van der Waals surface area (Å²) in [6.07, 6.45) is 1.46. The van der Waals surface area contributed by atoms with Gasteiger partial charge in [0, 0.05) is 41.8 Å². The van der Waals surface area contributed by atoms with Crippen molar-refractivity contribution in [1.82, 2.24) is 20.3 Å². The van der Waals surface area contributed by atoms with Gasteiger partial charge in [-0.25, -0.2) is 9.97 Å². The van der Waals surface area contributed by atoms with E-state index in [1.807, 2.05) is 26.2 Å². The lowest BCUT2D eigenvalue weighted by Crippen LogP contribution is -2.26. The number of thiazole rings is 1. The summed E-state index contributed by atoms with van der Waals surface area (Å²) in [5.41, 5.74) is 1.87. The number of rotatable bonds is 6. The van der Waals surface area contributed by atoms with E-state index in [0.29, 0.717) is 30.6 Å². The van der Waals surface area contributed by atoms with Gasteiger partial charge >= 0.3 is 0 Å². The van der Waals surface area contributed by atoms with E-state index in [0.717, 1.165) is 32.4 Å². The van der Waals surface area contributed by atoms with Crippen molar-refractivity contribution >= 4 is 38.8 Å². The first kappa shape index (κ1) is 17.8. The van der Waals surface area contributed by atoms with E-state index < -0.39 is 0 Å². The molecule has 0 saturated heterocycles. The molecule has 3 rings (SSSR count). The van der Waals surface area contributed by atoms with Gasteiger partial charge in [-0.2, -0.15) is 0 Å². The van der Waals surface area contributed by atoms with Crippen LogP contribution in [0, 0.1) is 20.8 Å². The maximum Gasteiger partial charge on any atom is 0.259 e. The minimum absolute atomic E-state index is 0.0467. The highest BCUT2D eigenvalue weighted by atomic mass is 32.1. The van der Waals surface area contributed by atoms with Crippen LogP contribution in [0.15, 0.2) is 10.2 Å². The highest BCUT2D eigenvalue weighted by Crippen LogP contribution is 2.25. The molecule has 1 amide bonds. The van der Waals surface area contributed by atoms with Crippen LogP contribution in [0.1, 0.15) is 33.4 Å². The van der Waals surface area contributed by atoms with Gasteiger partial charge in [-0.3, -0.25) is 9.59 Å². The Morgan fingerprint density at radius 3 is 2.76 bits per heavy atom. The third-order valence-electron chi connectivity index (χ3n) is 4.00. The Bertz CT molecular complexity index is 971. The highest BCUT2D eigenvalue weighted by molar-refractivity contribution is 7.18. The molecule has 0 aromatic carbocycles. The molecule has 8 heteroatoms. The van der Waals surface area contributed by atoms with Crippen molar-refractivity contribution in [3.05, 3.63) is 42.7 Å². The summed E-state index contributed by atoms with van der Waals surface area (Å²) in [7, 11) is 0. The SMILES string of the molecule is Cc1csc(CCNC(=O)CCc2nc3sc(C)c(C)c3c(=O)[nH]2)n1. The van der Waals surface area contributed by atoms with E-state index in [1.165, 1.54) is 11.3 Å². The minimum atomic E-state index is -0.124. The fourth-order valence-electron chi connectivity index (χ4n) is 2.56. The molecule has 0 bridgehead atoms. The number of H-pyrrole nitrogens is 1. The van der Waals surface area contributed by atoms with E-state index in [2.05, 4.69) is 20.3 Å². The predicted molar refractivity (Wildman–Crippen MR) is 102 cm³/mol. The van der Waals surface area contributed by atoms with Gasteiger partial charge in [0.15, 0.2) is 0 Å². The summed E-state index contributed by atoms with van der Waals surface area (Å²) in [6, 6.07) is 0. The highest BCUT2D eigenvalue weighted by Gasteiger charge is 2.12. The van der Waals surface area contributed by atoms with Crippen LogP contribution in [0.4, 0.5) is 0 Å². The molecule has 25 heavy (non-hydrogen) atoms. The second-order valence-corrected chi connectivity index (χ2v) is 8.10. The first-order valence-corrected chi connectivity index (χ1v) is 9.80. The molecule has 0 fully saturated rings. The number of nitrogens with zero attached hydrogens (tertiary/aromatic N) is 2. The molecule has 0 aliphatic rings. The molecule has 0 spiro atoms. The first-order chi connectivity index (χ1) is 11.9. The Labute approximate surface area is 153 Å². The van der Waals surface area contributed by atoms with Crippen LogP contribution in [0.3, 0.4) is 0 Å². The van der Waals surface area contributed by atoms with E-state index in [1.54, 1.807) is 11.3 Å². The molecule has 0 atom stereocenters. The molecule has 0 radical (unpaired) electrons. The molecule has 132 valence electrons. The number of hydrogen-bond donors (Lipinski definition) is 2. The molecule has 2 N–H and O–H groups in total. The van der Waals surface area contributed by atoms with E-state index in [9.17, 15) is 9.59 Å². The Morgan fingerprint density at radius 1 is 1.24 bits per heavy atom. The van der Waals surface area contributed by atoms with Crippen LogP contribution in [0.25, 0.3) is 10.2 Å². The zero-order valence-electron chi connectivity index (χ0n) is 14.4. The van der Waals surface area contributed by atoms with Gasteiger partial charge in [-0.1, -0.05) is 0 Å². The molecule has 0 aliphatic heterocycles. The van der Waals surface area contributed by atoms with Crippen LogP contribution in [0.5, 0.6) is 0 Å². The molecule has 3 aromatic rings. The molecule has 3 aromatic heterocycles. The van der Waals surface area contributed by atoms with Crippen LogP contribution >= 0.6 is 22.7 Å². The third-order valence-corrected chi connectivity index (χ3v) is 6.13. The number of aromatic amines is 1. The second-order valence-electron chi connectivity index (χ2n) is 5.96. The zero-order valence-corrected chi connectivity index (χ0v) is 16.1. The van der Waals surface area contributed by atoms with E-state index >= 15 is 0 Å². The largest absolute Gasteiger partial charge is 0.356 e. The molecule has 6 nitrogen and oxygen atoms in total. The summed E-state index contributed by atoms with van der Waals surface area (Å²) in [5, 5.41) is 6.58. The number of hydrogen-bond acceptors (Lipinski definition) is 6. The van der Waals surface area contributed by atoms with Crippen molar-refractivity contribution in [3.63, 3.8) is 0 Å². The second kappa shape index (κ2) is 7.45. The van der Waals surface area contributed by atoms with Crippen LogP contribution in [-0.2, 0) is 17.6 Å². The van der Waals surface area contributed by atoms with Gasteiger partial charge in [0.05, 0.1) is 10.4 Å². The molecule has 0 aliphatic carbocycles. The predicted octanol–water partition coefficient (Wildman–Crippen LogP) is 2.66. The lowest BCUT2D eigenvalue weighted by molar-refractivity contribution is -0.121. The smallest absolute Gasteiger partial charge is 0.259 e. The zero-order chi connectivity index (χ0) is 18.0. The number of aromatic nitrogens is 3. The van der Waals surface area contributed by atoms with Crippen molar-refractivity contribution in [2.24, 2.45) is 0 Å². The van der Waals surface area contributed by atoms with Crippen molar-refractivity contribution in [3.8, 4) is 0 Å². The van der Waals surface area contributed by atoms with Gasteiger partial charge in [0.1, 0.15) is 10.7 Å².